The fraction of sp³-hybridized carbons (Fsp3) is 0.500. The van der Waals surface area contributed by atoms with Gasteiger partial charge >= 0.3 is 0 Å². The number of benzene rings is 1. The number of sulfonamides is 1. The third kappa shape index (κ3) is 3.73. The Kier molecular flexibility index (Phi) is 4.83. The molecule has 0 radical (unpaired) electrons. The smallest absolute Gasteiger partial charge is 0.242 e. The number of hydrogen-bond donors (Lipinski definition) is 2. The number of nitriles is 1. The number of nitrogens with one attached hydrogen (secondary N) is 1. The van der Waals surface area contributed by atoms with E-state index >= 15 is 0 Å². The van der Waals surface area contributed by atoms with E-state index in [9.17, 15) is 8.42 Å². The minimum Gasteiger partial charge on any atom is -0.398 e. The average molecular weight is 309 g/mol. The van der Waals surface area contributed by atoms with Crippen LogP contribution in [0.1, 0.15) is 25.3 Å². The van der Waals surface area contributed by atoms with E-state index in [4.69, 9.17) is 15.7 Å². The maximum atomic E-state index is 12.4. The number of ether oxygens (including phenoxy) is 1. The molecule has 1 unspecified atom stereocenters. The lowest BCUT2D eigenvalue weighted by Gasteiger charge is -2.28. The first-order valence-electron chi connectivity index (χ1n) is 6.84. The summed E-state index contributed by atoms with van der Waals surface area (Å²) in [6.45, 7) is 3.18. The van der Waals surface area contributed by atoms with Gasteiger partial charge in [0.05, 0.1) is 17.3 Å². The second-order valence-electron chi connectivity index (χ2n) is 5.22. The number of hydrogen-bond acceptors (Lipinski definition) is 5. The normalized spacial score (nSPS) is 18.1. The minimum absolute atomic E-state index is 0.0143. The molecule has 3 N–H and O–H groups in total. The first-order chi connectivity index (χ1) is 9.94. The molecule has 1 aliphatic rings. The first kappa shape index (κ1) is 15.8. The zero-order valence-electron chi connectivity index (χ0n) is 11.9. The van der Waals surface area contributed by atoms with E-state index in [-0.39, 0.29) is 22.5 Å². The summed E-state index contributed by atoms with van der Waals surface area (Å²) in [7, 11) is -3.69. The van der Waals surface area contributed by atoms with Crippen molar-refractivity contribution < 1.29 is 13.2 Å². The van der Waals surface area contributed by atoms with Crippen molar-refractivity contribution in [2.45, 2.75) is 30.7 Å². The zero-order valence-corrected chi connectivity index (χ0v) is 12.7. The molecule has 0 aromatic heterocycles. The third-order valence-corrected chi connectivity index (χ3v) is 5.38. The van der Waals surface area contributed by atoms with Gasteiger partial charge in [-0.2, -0.15) is 5.26 Å². The van der Waals surface area contributed by atoms with Crippen LogP contribution in [0.15, 0.2) is 23.1 Å². The van der Waals surface area contributed by atoms with Gasteiger partial charge in [-0.3, -0.25) is 0 Å². The monoisotopic (exact) mass is 309 g/mol. The number of nitrogen functional groups attached to an aromatic ring is 1. The lowest BCUT2D eigenvalue weighted by Crippen LogP contribution is -2.40. The predicted molar refractivity (Wildman–Crippen MR) is 78.9 cm³/mol. The van der Waals surface area contributed by atoms with Crippen molar-refractivity contribution >= 4 is 15.7 Å². The Bertz CT molecular complexity index is 646. The highest BCUT2D eigenvalue weighted by Gasteiger charge is 2.26. The van der Waals surface area contributed by atoms with Crippen LogP contribution in [0.3, 0.4) is 0 Å². The van der Waals surface area contributed by atoms with Crippen LogP contribution in [0, 0.1) is 17.2 Å². The van der Waals surface area contributed by atoms with Crippen molar-refractivity contribution in [2.75, 3.05) is 18.9 Å². The highest BCUT2D eigenvalue weighted by atomic mass is 32.2. The fourth-order valence-corrected chi connectivity index (χ4v) is 3.91. The Morgan fingerprint density at radius 1 is 1.43 bits per heavy atom. The number of anilines is 1. The van der Waals surface area contributed by atoms with Crippen molar-refractivity contribution in [1.82, 2.24) is 4.72 Å². The van der Waals surface area contributed by atoms with Crippen LogP contribution in [0.4, 0.5) is 5.69 Å². The van der Waals surface area contributed by atoms with Gasteiger partial charge in [0, 0.05) is 19.3 Å². The topological polar surface area (TPSA) is 105 Å². The molecule has 2 rings (SSSR count). The van der Waals surface area contributed by atoms with Crippen molar-refractivity contribution in [3.05, 3.63) is 23.8 Å². The molecule has 1 aliphatic heterocycles. The Labute approximate surface area is 125 Å². The fourth-order valence-electron chi connectivity index (χ4n) is 2.48. The van der Waals surface area contributed by atoms with Crippen molar-refractivity contribution in [3.63, 3.8) is 0 Å². The average Bonchev–Trinajstić information content (AvgIpc) is 2.47. The van der Waals surface area contributed by atoms with E-state index < -0.39 is 10.0 Å². The van der Waals surface area contributed by atoms with Gasteiger partial charge < -0.3 is 10.5 Å². The molecule has 1 fully saturated rings. The van der Waals surface area contributed by atoms with E-state index in [1.54, 1.807) is 0 Å². The van der Waals surface area contributed by atoms with Gasteiger partial charge in [0.25, 0.3) is 0 Å². The molecule has 21 heavy (non-hydrogen) atoms. The quantitative estimate of drug-likeness (QED) is 0.814. The lowest BCUT2D eigenvalue weighted by atomic mass is 9.94. The van der Waals surface area contributed by atoms with Gasteiger partial charge in [-0.1, -0.05) is 0 Å². The molecule has 114 valence electrons. The van der Waals surface area contributed by atoms with E-state index in [2.05, 4.69) is 4.72 Å². The molecule has 0 spiro atoms. The molecule has 6 nitrogen and oxygen atoms in total. The van der Waals surface area contributed by atoms with Crippen LogP contribution in [0.25, 0.3) is 0 Å². The summed E-state index contributed by atoms with van der Waals surface area (Å²) in [5.41, 5.74) is 6.17. The maximum Gasteiger partial charge on any atom is 0.242 e. The largest absolute Gasteiger partial charge is 0.398 e. The van der Waals surface area contributed by atoms with Crippen LogP contribution < -0.4 is 10.5 Å². The van der Waals surface area contributed by atoms with Crippen molar-refractivity contribution in [2.24, 2.45) is 5.92 Å². The lowest BCUT2D eigenvalue weighted by molar-refractivity contribution is 0.0585. The second-order valence-corrected chi connectivity index (χ2v) is 6.91. The van der Waals surface area contributed by atoms with Gasteiger partial charge in [-0.05, 0) is 43.9 Å². The molecule has 1 aromatic carbocycles. The van der Waals surface area contributed by atoms with Gasteiger partial charge in [-0.25, -0.2) is 13.1 Å². The van der Waals surface area contributed by atoms with Gasteiger partial charge in [0.15, 0.2) is 0 Å². The highest BCUT2D eigenvalue weighted by molar-refractivity contribution is 7.89. The maximum absolute atomic E-state index is 12.4. The van der Waals surface area contributed by atoms with Crippen LogP contribution in [-0.4, -0.2) is 27.7 Å². The first-order valence-corrected chi connectivity index (χ1v) is 8.32. The van der Waals surface area contributed by atoms with Crippen LogP contribution in [0.5, 0.6) is 0 Å². The number of nitrogens with two attached hydrogens (primary N) is 1. The van der Waals surface area contributed by atoms with Gasteiger partial charge in [0.2, 0.25) is 10.0 Å². The second kappa shape index (κ2) is 6.43. The molecule has 0 aliphatic carbocycles. The summed E-state index contributed by atoms with van der Waals surface area (Å²) < 4.78 is 32.8. The number of nitrogens with zero attached hydrogens (tertiary/aromatic N) is 1. The summed E-state index contributed by atoms with van der Waals surface area (Å²) >= 11 is 0. The van der Waals surface area contributed by atoms with E-state index in [0.29, 0.717) is 18.8 Å². The standard InChI is InChI=1S/C14H19N3O3S/c1-10(12-4-6-20-7-5-12)17-21(18,19)14-3-2-11(9-15)8-13(14)16/h2-3,8,10,12,17H,4-7,16H2,1H3. The van der Waals surface area contributed by atoms with E-state index in [0.717, 1.165) is 12.8 Å². The molecule has 1 saturated heterocycles. The summed E-state index contributed by atoms with van der Waals surface area (Å²) in [5, 5.41) is 8.79. The molecule has 0 bridgehead atoms. The summed E-state index contributed by atoms with van der Waals surface area (Å²) in [6.07, 6.45) is 1.68. The molecule has 0 saturated carbocycles. The molecule has 1 aromatic rings. The Balaban J connectivity index is 2.16. The Morgan fingerprint density at radius 3 is 2.67 bits per heavy atom. The number of rotatable bonds is 4. The minimum atomic E-state index is -3.69. The molecular formula is C14H19N3O3S. The van der Waals surface area contributed by atoms with E-state index in [1.807, 2.05) is 13.0 Å². The predicted octanol–water partition coefficient (Wildman–Crippen LogP) is 1.23. The van der Waals surface area contributed by atoms with Crippen molar-refractivity contribution in [3.8, 4) is 6.07 Å². The molecule has 1 heterocycles. The van der Waals surface area contributed by atoms with Gasteiger partial charge in [0.1, 0.15) is 4.90 Å². The Morgan fingerprint density at radius 2 is 2.10 bits per heavy atom. The van der Waals surface area contributed by atoms with Crippen LogP contribution in [-0.2, 0) is 14.8 Å². The molecular weight excluding hydrogens is 290 g/mol. The third-order valence-electron chi connectivity index (χ3n) is 3.74. The van der Waals surface area contributed by atoms with E-state index in [1.165, 1.54) is 18.2 Å². The van der Waals surface area contributed by atoms with Gasteiger partial charge in [-0.15, -0.1) is 0 Å². The summed E-state index contributed by atoms with van der Waals surface area (Å²) in [4.78, 5) is 0.0143. The molecule has 7 heteroatoms. The summed E-state index contributed by atoms with van der Waals surface area (Å²) in [5.74, 6) is 0.258. The van der Waals surface area contributed by atoms with Crippen molar-refractivity contribution in [1.29, 1.82) is 5.26 Å². The Hall–Kier alpha value is -1.62. The van der Waals surface area contributed by atoms with Crippen LogP contribution in [0.2, 0.25) is 0 Å². The molecule has 1 atom stereocenters. The summed E-state index contributed by atoms with van der Waals surface area (Å²) in [6, 6.07) is 5.93. The van der Waals surface area contributed by atoms with Crippen LogP contribution >= 0.6 is 0 Å². The SMILES string of the molecule is CC(NS(=O)(=O)c1ccc(C#N)cc1N)C1CCOCC1. The zero-order chi connectivity index (χ0) is 15.5. The highest BCUT2D eigenvalue weighted by Crippen LogP contribution is 2.23. The molecule has 0 amide bonds.